The summed E-state index contributed by atoms with van der Waals surface area (Å²) in [5, 5.41) is 12.3. The lowest BCUT2D eigenvalue weighted by Gasteiger charge is -2.09. The molecule has 0 atom stereocenters. The Morgan fingerprint density at radius 3 is 2.75 bits per heavy atom. The van der Waals surface area contributed by atoms with Gasteiger partial charge in [-0.1, -0.05) is 13.8 Å². The quantitative estimate of drug-likeness (QED) is 0.818. The maximum atomic E-state index is 11.7. The number of hydrogen-bond donors (Lipinski definition) is 2. The van der Waals surface area contributed by atoms with Crippen LogP contribution in [0.4, 0.5) is 0 Å². The van der Waals surface area contributed by atoms with E-state index in [1.54, 1.807) is 6.07 Å². The van der Waals surface area contributed by atoms with E-state index in [0.717, 1.165) is 0 Å². The highest BCUT2D eigenvalue weighted by Gasteiger charge is 2.12. The molecule has 0 aliphatic carbocycles. The Morgan fingerprint density at radius 2 is 2.19 bits per heavy atom. The maximum Gasteiger partial charge on any atom is 0.255 e. The zero-order valence-electron chi connectivity index (χ0n) is 9.78. The van der Waals surface area contributed by atoms with E-state index < -0.39 is 0 Å². The van der Waals surface area contributed by atoms with Gasteiger partial charge in [-0.3, -0.25) is 4.79 Å². The molecule has 2 N–H and O–H groups in total. The normalized spacial score (nSPS) is 10.2. The molecule has 0 bridgehead atoms. The molecule has 1 rings (SSSR count). The molecule has 0 radical (unpaired) electrons. The third kappa shape index (κ3) is 3.15. The Hall–Kier alpha value is -1.71. The van der Waals surface area contributed by atoms with Crippen LogP contribution >= 0.6 is 0 Å². The molecule has 0 saturated heterocycles. The summed E-state index contributed by atoms with van der Waals surface area (Å²) in [6.07, 6.45) is 0. The summed E-state index contributed by atoms with van der Waals surface area (Å²) in [6.45, 7) is 4.59. The summed E-state index contributed by atoms with van der Waals surface area (Å²) in [5.74, 6) is 0.594. The Bertz CT molecular complexity index is 375. The van der Waals surface area contributed by atoms with Gasteiger partial charge in [-0.2, -0.15) is 0 Å². The number of carbonyl (C=O) groups excluding carboxylic acids is 1. The van der Waals surface area contributed by atoms with E-state index in [4.69, 9.17) is 4.74 Å². The van der Waals surface area contributed by atoms with Gasteiger partial charge in [0.15, 0.2) is 0 Å². The summed E-state index contributed by atoms with van der Waals surface area (Å²) in [6, 6.07) is 4.57. The third-order valence-electron chi connectivity index (χ3n) is 2.12. The number of phenols is 1. The first-order valence-corrected chi connectivity index (χ1v) is 5.19. The molecule has 4 heteroatoms. The van der Waals surface area contributed by atoms with Crippen LogP contribution in [-0.2, 0) is 0 Å². The predicted octanol–water partition coefficient (Wildman–Crippen LogP) is 1.79. The van der Waals surface area contributed by atoms with Gasteiger partial charge in [0.25, 0.3) is 5.91 Å². The molecule has 1 aromatic rings. The number of aromatic hydroxyl groups is 1. The molecule has 16 heavy (non-hydrogen) atoms. The lowest BCUT2D eigenvalue weighted by atomic mass is 10.1. The molecule has 0 aliphatic rings. The molecule has 0 aromatic heterocycles. The van der Waals surface area contributed by atoms with E-state index >= 15 is 0 Å². The summed E-state index contributed by atoms with van der Waals surface area (Å²) in [4.78, 5) is 11.7. The van der Waals surface area contributed by atoms with Crippen molar-refractivity contribution in [2.75, 3.05) is 13.7 Å². The fourth-order valence-electron chi connectivity index (χ4n) is 1.22. The minimum atomic E-state index is -0.287. The van der Waals surface area contributed by atoms with Crippen LogP contribution in [0.2, 0.25) is 0 Å². The molecule has 0 heterocycles. The van der Waals surface area contributed by atoms with Crippen LogP contribution < -0.4 is 10.1 Å². The van der Waals surface area contributed by atoms with Crippen molar-refractivity contribution in [3.8, 4) is 11.5 Å². The number of rotatable bonds is 4. The molecule has 4 nitrogen and oxygen atoms in total. The summed E-state index contributed by atoms with van der Waals surface area (Å²) in [7, 11) is 1.52. The number of hydrogen-bond acceptors (Lipinski definition) is 3. The van der Waals surface area contributed by atoms with E-state index in [2.05, 4.69) is 5.32 Å². The van der Waals surface area contributed by atoms with Crippen LogP contribution in [0.1, 0.15) is 24.2 Å². The first-order chi connectivity index (χ1) is 7.54. The van der Waals surface area contributed by atoms with Crippen LogP contribution in [0.3, 0.4) is 0 Å². The fourth-order valence-corrected chi connectivity index (χ4v) is 1.22. The average molecular weight is 223 g/mol. The molecule has 0 unspecified atom stereocenters. The second kappa shape index (κ2) is 5.39. The lowest BCUT2D eigenvalue weighted by Crippen LogP contribution is -2.27. The van der Waals surface area contributed by atoms with Crippen molar-refractivity contribution in [1.82, 2.24) is 5.32 Å². The fraction of sp³-hybridized carbons (Fsp3) is 0.417. The predicted molar refractivity (Wildman–Crippen MR) is 61.8 cm³/mol. The molecular weight excluding hydrogens is 206 g/mol. The molecule has 1 amide bonds. The van der Waals surface area contributed by atoms with Gasteiger partial charge in [-0.15, -0.1) is 0 Å². The monoisotopic (exact) mass is 223 g/mol. The van der Waals surface area contributed by atoms with Crippen LogP contribution in [-0.4, -0.2) is 24.7 Å². The molecule has 0 aliphatic heterocycles. The highest BCUT2D eigenvalue weighted by atomic mass is 16.5. The standard InChI is InChI=1S/C12H17NO3/c1-8(2)7-13-12(15)10-6-9(16-3)4-5-11(10)14/h4-6,8,14H,7H2,1-3H3,(H,13,15). The second-order valence-corrected chi connectivity index (χ2v) is 3.99. The van der Waals surface area contributed by atoms with Crippen molar-refractivity contribution in [2.45, 2.75) is 13.8 Å². The average Bonchev–Trinajstić information content (AvgIpc) is 2.26. The van der Waals surface area contributed by atoms with Crippen LogP contribution in [0, 0.1) is 5.92 Å². The van der Waals surface area contributed by atoms with Gasteiger partial charge in [0.1, 0.15) is 11.5 Å². The largest absolute Gasteiger partial charge is 0.507 e. The lowest BCUT2D eigenvalue weighted by molar-refractivity contribution is 0.0946. The Balaban J connectivity index is 2.81. The van der Waals surface area contributed by atoms with Crippen molar-refractivity contribution in [2.24, 2.45) is 5.92 Å². The molecule has 0 fully saturated rings. The zero-order chi connectivity index (χ0) is 12.1. The van der Waals surface area contributed by atoms with Gasteiger partial charge in [-0.25, -0.2) is 0 Å². The summed E-state index contributed by atoms with van der Waals surface area (Å²) >= 11 is 0. The van der Waals surface area contributed by atoms with E-state index in [0.29, 0.717) is 18.2 Å². The smallest absolute Gasteiger partial charge is 0.255 e. The number of phenolic OH excluding ortho intramolecular Hbond substituents is 1. The SMILES string of the molecule is COc1ccc(O)c(C(=O)NCC(C)C)c1. The van der Waals surface area contributed by atoms with E-state index in [9.17, 15) is 9.90 Å². The summed E-state index contributed by atoms with van der Waals surface area (Å²) < 4.78 is 4.99. The van der Waals surface area contributed by atoms with Gasteiger partial charge in [0, 0.05) is 6.54 Å². The maximum absolute atomic E-state index is 11.7. The van der Waals surface area contributed by atoms with Gasteiger partial charge in [0.05, 0.1) is 12.7 Å². The Labute approximate surface area is 95.2 Å². The minimum absolute atomic E-state index is 0.0398. The zero-order valence-corrected chi connectivity index (χ0v) is 9.78. The molecule has 88 valence electrons. The third-order valence-corrected chi connectivity index (χ3v) is 2.12. The minimum Gasteiger partial charge on any atom is -0.507 e. The van der Waals surface area contributed by atoms with Crippen molar-refractivity contribution in [1.29, 1.82) is 0 Å². The van der Waals surface area contributed by atoms with Gasteiger partial charge < -0.3 is 15.2 Å². The Kier molecular flexibility index (Phi) is 4.17. The van der Waals surface area contributed by atoms with Crippen LogP contribution in [0.5, 0.6) is 11.5 Å². The highest BCUT2D eigenvalue weighted by Crippen LogP contribution is 2.22. The van der Waals surface area contributed by atoms with Crippen molar-refractivity contribution in [3.05, 3.63) is 23.8 Å². The van der Waals surface area contributed by atoms with E-state index in [1.807, 2.05) is 13.8 Å². The number of nitrogens with one attached hydrogen (secondary N) is 1. The van der Waals surface area contributed by atoms with E-state index in [-0.39, 0.29) is 17.2 Å². The molecule has 0 spiro atoms. The number of amides is 1. The van der Waals surface area contributed by atoms with Crippen molar-refractivity contribution < 1.29 is 14.6 Å². The van der Waals surface area contributed by atoms with Crippen LogP contribution in [0.25, 0.3) is 0 Å². The number of benzene rings is 1. The molecule has 0 saturated carbocycles. The topological polar surface area (TPSA) is 58.6 Å². The first kappa shape index (κ1) is 12.4. The number of carbonyl (C=O) groups is 1. The van der Waals surface area contributed by atoms with Gasteiger partial charge >= 0.3 is 0 Å². The highest BCUT2D eigenvalue weighted by molar-refractivity contribution is 5.97. The molecular formula is C12H17NO3. The number of ether oxygens (including phenoxy) is 1. The van der Waals surface area contributed by atoms with Crippen molar-refractivity contribution in [3.63, 3.8) is 0 Å². The van der Waals surface area contributed by atoms with Crippen molar-refractivity contribution >= 4 is 5.91 Å². The Morgan fingerprint density at radius 1 is 1.50 bits per heavy atom. The first-order valence-electron chi connectivity index (χ1n) is 5.19. The second-order valence-electron chi connectivity index (χ2n) is 3.99. The van der Waals surface area contributed by atoms with E-state index in [1.165, 1.54) is 19.2 Å². The van der Waals surface area contributed by atoms with Gasteiger partial charge in [0.2, 0.25) is 0 Å². The van der Waals surface area contributed by atoms with Gasteiger partial charge in [-0.05, 0) is 24.1 Å². The molecule has 1 aromatic carbocycles. The van der Waals surface area contributed by atoms with Crippen LogP contribution in [0.15, 0.2) is 18.2 Å². The number of methoxy groups -OCH3 is 1. The summed E-state index contributed by atoms with van der Waals surface area (Å²) in [5.41, 5.74) is 0.236.